The highest BCUT2D eigenvalue weighted by Gasteiger charge is 2.27. The number of likely N-dealkylation sites (N-methyl/N-ethyl adjacent to an activating group) is 1. The maximum absolute atomic E-state index is 12.9. The molecule has 2 unspecified atom stereocenters. The third kappa shape index (κ3) is 79.1. The Kier molecular flexibility index (Phi) is 73.0. The quantitative estimate of drug-likeness (QED) is 0.0211. The Bertz CT molecular complexity index is 1660. The zero-order chi connectivity index (χ0) is 67.6. The van der Waals surface area contributed by atoms with Crippen LogP contribution in [0.15, 0.2) is 36.5 Å². The molecule has 0 bridgehead atoms. The molecule has 0 aromatic rings. The lowest BCUT2D eigenvalue weighted by molar-refractivity contribution is -0.870. The fraction of sp³-hybridized carbons (Fsp3) is 0.904. The number of phosphoric acid groups is 1. The highest BCUT2D eigenvalue weighted by atomic mass is 31.2. The Morgan fingerprint density at radius 2 is 0.581 bits per heavy atom. The van der Waals surface area contributed by atoms with Gasteiger partial charge in [-0.1, -0.05) is 403 Å². The zero-order valence-electron chi connectivity index (χ0n) is 63.0. The summed E-state index contributed by atoms with van der Waals surface area (Å²) in [6, 6.07) is 0. The summed E-state index contributed by atoms with van der Waals surface area (Å²) >= 11 is 0. The van der Waals surface area contributed by atoms with Crippen molar-refractivity contribution in [3.8, 4) is 0 Å². The highest BCUT2D eigenvalue weighted by Crippen LogP contribution is 2.43. The van der Waals surface area contributed by atoms with Crippen molar-refractivity contribution in [2.24, 2.45) is 0 Å². The summed E-state index contributed by atoms with van der Waals surface area (Å²) in [4.78, 5) is 36.0. The molecule has 0 saturated heterocycles. The van der Waals surface area contributed by atoms with E-state index in [1.54, 1.807) is 0 Å². The van der Waals surface area contributed by atoms with Crippen LogP contribution in [-0.4, -0.2) is 74.9 Å². The van der Waals surface area contributed by atoms with Crippen LogP contribution in [0.2, 0.25) is 0 Å². The third-order valence-electron chi connectivity index (χ3n) is 18.9. The number of esters is 2. The molecule has 10 heteroatoms. The normalized spacial score (nSPS) is 13.1. The molecule has 0 heterocycles. The Hall–Kier alpha value is -1.77. The van der Waals surface area contributed by atoms with Crippen molar-refractivity contribution in [3.63, 3.8) is 0 Å². The molecule has 0 rings (SSSR count). The van der Waals surface area contributed by atoms with Gasteiger partial charge in [-0.05, 0) is 51.4 Å². The smallest absolute Gasteiger partial charge is 0.462 e. The van der Waals surface area contributed by atoms with E-state index in [1.165, 1.54) is 353 Å². The van der Waals surface area contributed by atoms with Crippen LogP contribution >= 0.6 is 7.82 Å². The molecule has 2 atom stereocenters. The van der Waals surface area contributed by atoms with Gasteiger partial charge in [-0.25, -0.2) is 4.57 Å². The van der Waals surface area contributed by atoms with E-state index in [-0.39, 0.29) is 25.6 Å². The molecule has 0 radical (unpaired) electrons. The SMILES string of the molecule is CCCCCCC/C=C\C/C=C\C/C=C\CCCCCCCCCCCCCCCCCCCCCCCCCCCCC(=O)OC(COC(=O)CCCCCCCCCCCCCCCCCCCCCCCCCCCCCC)COP(=O)(O)OCC[N+](C)(C)C. The van der Waals surface area contributed by atoms with Crippen molar-refractivity contribution < 1.29 is 42.1 Å². The molecule has 0 aromatic carbocycles. The van der Waals surface area contributed by atoms with E-state index in [4.69, 9.17) is 18.5 Å². The van der Waals surface area contributed by atoms with Crippen LogP contribution in [0.25, 0.3) is 0 Å². The summed E-state index contributed by atoms with van der Waals surface area (Å²) in [7, 11) is 1.51. The lowest BCUT2D eigenvalue weighted by Crippen LogP contribution is -2.37. The largest absolute Gasteiger partial charge is 0.472 e. The van der Waals surface area contributed by atoms with Gasteiger partial charge in [-0.2, -0.15) is 0 Å². The molecule has 0 aliphatic heterocycles. The second kappa shape index (κ2) is 74.5. The second-order valence-electron chi connectivity index (χ2n) is 29.5. The fourth-order valence-electron chi connectivity index (χ4n) is 12.6. The monoisotopic (exact) mass is 1330 g/mol. The standard InChI is InChI=1S/C83H160NO8P/c1-6-8-10-12-14-16-18-20-22-24-26-28-30-32-34-36-37-38-39-40-41-42-43-44-45-46-47-48-50-52-54-56-58-60-62-64-66-68-70-72-74-76-83(86)92-81(80-91-93(87,88)90-78-77-84(3,4)5)79-89-82(85)75-73-71-69-67-65-63-61-59-57-55-53-51-49-35-33-31-29-27-25-23-21-19-17-15-13-11-9-7-2/h18,20,24,26,30,32,81H,6-17,19,21-23,25,27-29,31,33-80H2,1-5H3/p+1/b20-18-,26-24-,32-30-. The van der Waals surface area contributed by atoms with Crippen molar-refractivity contribution >= 4 is 19.8 Å². The van der Waals surface area contributed by atoms with Crippen LogP contribution in [0.5, 0.6) is 0 Å². The minimum Gasteiger partial charge on any atom is -0.462 e. The zero-order valence-corrected chi connectivity index (χ0v) is 63.9. The summed E-state index contributed by atoms with van der Waals surface area (Å²) in [5.74, 6) is -0.768. The average molecular weight is 1330 g/mol. The van der Waals surface area contributed by atoms with E-state index in [0.717, 1.165) is 51.4 Å². The van der Waals surface area contributed by atoms with E-state index >= 15 is 0 Å². The maximum atomic E-state index is 12.9. The number of carbonyl (C=O) groups excluding carboxylic acids is 2. The topological polar surface area (TPSA) is 108 Å². The lowest BCUT2D eigenvalue weighted by atomic mass is 10.0. The Balaban J connectivity index is 3.87. The van der Waals surface area contributed by atoms with Crippen molar-refractivity contribution in [2.45, 2.75) is 437 Å². The molecule has 9 nitrogen and oxygen atoms in total. The fourth-order valence-corrected chi connectivity index (χ4v) is 13.4. The van der Waals surface area contributed by atoms with Gasteiger partial charge in [0.1, 0.15) is 19.8 Å². The number of allylic oxidation sites excluding steroid dienone is 6. The number of quaternary nitrogens is 1. The van der Waals surface area contributed by atoms with Crippen LogP contribution in [-0.2, 0) is 32.7 Å². The van der Waals surface area contributed by atoms with Gasteiger partial charge in [0.25, 0.3) is 0 Å². The van der Waals surface area contributed by atoms with Crippen molar-refractivity contribution in [2.75, 3.05) is 47.5 Å². The Morgan fingerprint density at radius 3 is 0.860 bits per heavy atom. The first kappa shape index (κ1) is 91.2. The third-order valence-corrected chi connectivity index (χ3v) is 19.9. The van der Waals surface area contributed by atoms with Gasteiger partial charge in [0, 0.05) is 12.8 Å². The molecular formula is C83H161NO8P+. The molecular weight excluding hydrogens is 1170 g/mol. The van der Waals surface area contributed by atoms with Gasteiger partial charge >= 0.3 is 19.8 Å². The Labute approximate surface area is 580 Å². The summed E-state index contributed by atoms with van der Waals surface area (Å²) in [6.45, 7) is 4.51. The molecule has 0 aliphatic carbocycles. The summed E-state index contributed by atoms with van der Waals surface area (Å²) in [6.07, 6.45) is 97.4. The minimum absolute atomic E-state index is 0.0360. The summed E-state index contributed by atoms with van der Waals surface area (Å²) in [5, 5.41) is 0. The van der Waals surface area contributed by atoms with E-state index in [2.05, 4.69) is 50.3 Å². The van der Waals surface area contributed by atoms with Gasteiger partial charge < -0.3 is 18.9 Å². The van der Waals surface area contributed by atoms with Gasteiger partial charge in [-0.3, -0.25) is 18.6 Å². The predicted molar refractivity (Wildman–Crippen MR) is 404 cm³/mol. The number of unbranched alkanes of at least 4 members (excludes halogenated alkanes) is 58. The van der Waals surface area contributed by atoms with Crippen LogP contribution in [0.4, 0.5) is 0 Å². The van der Waals surface area contributed by atoms with E-state index in [9.17, 15) is 19.0 Å². The number of nitrogens with zero attached hydrogens (tertiary/aromatic N) is 1. The van der Waals surface area contributed by atoms with Gasteiger partial charge in [0.15, 0.2) is 6.10 Å². The van der Waals surface area contributed by atoms with Crippen LogP contribution in [0.1, 0.15) is 431 Å². The number of rotatable bonds is 78. The summed E-state index contributed by atoms with van der Waals surface area (Å²) < 4.78 is 34.8. The van der Waals surface area contributed by atoms with Crippen molar-refractivity contribution in [3.05, 3.63) is 36.5 Å². The molecule has 0 spiro atoms. The first-order valence-electron chi connectivity index (χ1n) is 41.2. The molecule has 0 aliphatic rings. The molecule has 0 aromatic heterocycles. The predicted octanol–water partition coefficient (Wildman–Crippen LogP) is 27.3. The van der Waals surface area contributed by atoms with E-state index < -0.39 is 26.5 Å². The molecule has 0 saturated carbocycles. The number of ether oxygens (including phenoxy) is 2. The molecule has 93 heavy (non-hydrogen) atoms. The highest BCUT2D eigenvalue weighted by molar-refractivity contribution is 7.47. The Morgan fingerprint density at radius 1 is 0.333 bits per heavy atom. The number of hydrogen-bond donors (Lipinski definition) is 1. The number of phosphoric ester groups is 1. The van der Waals surface area contributed by atoms with Gasteiger partial charge in [0.2, 0.25) is 0 Å². The van der Waals surface area contributed by atoms with Gasteiger partial charge in [-0.15, -0.1) is 0 Å². The van der Waals surface area contributed by atoms with Crippen molar-refractivity contribution in [1.29, 1.82) is 0 Å². The molecule has 0 fully saturated rings. The minimum atomic E-state index is -4.39. The van der Waals surface area contributed by atoms with E-state index in [0.29, 0.717) is 17.4 Å². The maximum Gasteiger partial charge on any atom is 0.472 e. The molecule has 550 valence electrons. The molecule has 0 amide bonds. The van der Waals surface area contributed by atoms with Crippen LogP contribution in [0.3, 0.4) is 0 Å². The first-order valence-corrected chi connectivity index (χ1v) is 42.7. The van der Waals surface area contributed by atoms with Gasteiger partial charge in [0.05, 0.1) is 27.7 Å². The average Bonchev–Trinajstić information content (AvgIpc) is 2.30. The first-order chi connectivity index (χ1) is 45.5. The number of carbonyl (C=O) groups is 2. The number of hydrogen-bond acceptors (Lipinski definition) is 7. The molecule has 1 N–H and O–H groups in total. The second-order valence-corrected chi connectivity index (χ2v) is 31.0. The van der Waals surface area contributed by atoms with Crippen LogP contribution < -0.4 is 0 Å². The van der Waals surface area contributed by atoms with Crippen LogP contribution in [0, 0.1) is 0 Å². The lowest BCUT2D eigenvalue weighted by Gasteiger charge is -2.24. The van der Waals surface area contributed by atoms with Crippen molar-refractivity contribution in [1.82, 2.24) is 0 Å². The summed E-state index contributed by atoms with van der Waals surface area (Å²) in [5.41, 5.74) is 0. The van der Waals surface area contributed by atoms with E-state index in [1.807, 2.05) is 21.1 Å².